The van der Waals surface area contributed by atoms with E-state index in [1.54, 1.807) is 12.1 Å². The number of halogens is 1. The van der Waals surface area contributed by atoms with E-state index in [0.29, 0.717) is 11.5 Å². The number of carbonyl (C=O) groups is 1. The Morgan fingerprint density at radius 3 is 2.21 bits per heavy atom. The molecule has 1 fully saturated rings. The molecule has 0 saturated heterocycles. The molecule has 3 heteroatoms. The van der Waals surface area contributed by atoms with Crippen molar-refractivity contribution in [1.82, 2.24) is 4.90 Å². The minimum absolute atomic E-state index is 0.129. The quantitative estimate of drug-likeness (QED) is 0.778. The zero-order valence-corrected chi connectivity index (χ0v) is 11.9. The first-order chi connectivity index (χ1) is 8.95. The molecule has 0 unspecified atom stereocenters. The van der Waals surface area contributed by atoms with Gasteiger partial charge in [0.15, 0.2) is 5.78 Å². The molecule has 1 aliphatic carbocycles. The molecule has 1 saturated carbocycles. The van der Waals surface area contributed by atoms with Crippen molar-refractivity contribution in [1.29, 1.82) is 0 Å². The highest BCUT2D eigenvalue weighted by atomic mass is 19.1. The number of nitrogens with zero attached hydrogens (tertiary/aromatic N) is 1. The second-order valence-electron chi connectivity index (χ2n) is 5.94. The first-order valence-corrected chi connectivity index (χ1v) is 6.93. The number of likely N-dealkylation sites (N-methyl/N-ethyl adjacent to an activating group) is 1. The summed E-state index contributed by atoms with van der Waals surface area (Å²) in [5.41, 5.74) is 0.203. The van der Waals surface area contributed by atoms with Gasteiger partial charge >= 0.3 is 0 Å². The fourth-order valence-electron chi connectivity index (χ4n) is 2.99. The zero-order valence-electron chi connectivity index (χ0n) is 11.9. The third-order valence-corrected chi connectivity index (χ3v) is 4.49. The Hall–Kier alpha value is -1.22. The fraction of sp³-hybridized carbons (Fsp3) is 0.562. The normalized spacial score (nSPS) is 27.5. The van der Waals surface area contributed by atoms with Crippen LogP contribution in [-0.4, -0.2) is 30.3 Å². The highest BCUT2D eigenvalue weighted by Gasteiger charge is 2.43. The first-order valence-electron chi connectivity index (χ1n) is 6.93. The fourth-order valence-corrected chi connectivity index (χ4v) is 2.99. The number of carbonyl (C=O) groups excluding carboxylic acids is 1. The smallest absolute Gasteiger partial charge is 0.183 e. The monoisotopic (exact) mass is 263 g/mol. The summed E-state index contributed by atoms with van der Waals surface area (Å²) in [5, 5.41) is 0. The summed E-state index contributed by atoms with van der Waals surface area (Å²) in [4.78, 5) is 14.9. The van der Waals surface area contributed by atoms with Crippen LogP contribution in [0.5, 0.6) is 0 Å². The van der Waals surface area contributed by atoms with Gasteiger partial charge in [-0.1, -0.05) is 6.92 Å². The Labute approximate surface area is 114 Å². The molecule has 1 aromatic rings. The van der Waals surface area contributed by atoms with Gasteiger partial charge in [0.25, 0.3) is 0 Å². The Bertz CT molecular complexity index is 444. The molecule has 1 aliphatic rings. The van der Waals surface area contributed by atoms with Crippen LogP contribution in [0.3, 0.4) is 0 Å². The summed E-state index contributed by atoms with van der Waals surface area (Å²) in [6.45, 7) is 2.24. The number of hydrogen-bond acceptors (Lipinski definition) is 2. The van der Waals surface area contributed by atoms with E-state index in [1.807, 2.05) is 19.0 Å². The van der Waals surface area contributed by atoms with Crippen LogP contribution in [0.15, 0.2) is 24.3 Å². The van der Waals surface area contributed by atoms with Gasteiger partial charge in [-0.3, -0.25) is 9.69 Å². The van der Waals surface area contributed by atoms with Crippen molar-refractivity contribution in [3.63, 3.8) is 0 Å². The van der Waals surface area contributed by atoms with Crippen LogP contribution in [0.2, 0.25) is 0 Å². The lowest BCUT2D eigenvalue weighted by molar-refractivity contribution is 0.0513. The molecule has 1 aromatic carbocycles. The van der Waals surface area contributed by atoms with Gasteiger partial charge in [0.05, 0.1) is 5.54 Å². The van der Waals surface area contributed by atoms with Crippen molar-refractivity contribution in [2.75, 3.05) is 14.1 Å². The van der Waals surface area contributed by atoms with E-state index in [-0.39, 0.29) is 11.6 Å². The molecule has 104 valence electrons. The number of hydrogen-bond donors (Lipinski definition) is 0. The molecule has 0 aliphatic heterocycles. The third kappa shape index (κ3) is 2.71. The molecule has 0 bridgehead atoms. The minimum Gasteiger partial charge on any atom is -0.297 e. The molecular formula is C16H22FNO. The van der Waals surface area contributed by atoms with Crippen LogP contribution in [0.1, 0.15) is 43.0 Å². The molecule has 2 nitrogen and oxygen atoms in total. The van der Waals surface area contributed by atoms with Gasteiger partial charge in [-0.25, -0.2) is 4.39 Å². The molecule has 0 amide bonds. The van der Waals surface area contributed by atoms with Crippen LogP contribution >= 0.6 is 0 Å². The van der Waals surface area contributed by atoms with Crippen molar-refractivity contribution in [3.8, 4) is 0 Å². The van der Waals surface area contributed by atoms with Crippen LogP contribution in [0, 0.1) is 11.7 Å². The lowest BCUT2D eigenvalue weighted by Gasteiger charge is -2.43. The van der Waals surface area contributed by atoms with Crippen molar-refractivity contribution in [2.45, 2.75) is 38.1 Å². The van der Waals surface area contributed by atoms with Crippen molar-refractivity contribution >= 4 is 5.78 Å². The molecule has 0 aromatic heterocycles. The van der Waals surface area contributed by atoms with Gasteiger partial charge in [0.2, 0.25) is 0 Å². The largest absolute Gasteiger partial charge is 0.297 e. The second-order valence-corrected chi connectivity index (χ2v) is 5.94. The lowest BCUT2D eigenvalue weighted by Crippen LogP contribution is -2.53. The Kier molecular flexibility index (Phi) is 4.04. The summed E-state index contributed by atoms with van der Waals surface area (Å²) < 4.78 is 13.0. The predicted molar refractivity (Wildman–Crippen MR) is 74.8 cm³/mol. The molecule has 2 rings (SSSR count). The second kappa shape index (κ2) is 5.41. The number of ketones is 1. The van der Waals surface area contributed by atoms with Crippen molar-refractivity contribution < 1.29 is 9.18 Å². The SMILES string of the molecule is CC1CCC(C(=O)c2ccc(F)cc2)(N(C)C)CC1. The Morgan fingerprint density at radius 2 is 1.74 bits per heavy atom. The predicted octanol–water partition coefficient (Wildman–Crippen LogP) is 3.52. The molecule has 0 spiro atoms. The summed E-state index contributed by atoms with van der Waals surface area (Å²) in [6.07, 6.45) is 3.92. The molecule has 0 heterocycles. The maximum absolute atomic E-state index is 13.0. The molecule has 0 radical (unpaired) electrons. The maximum Gasteiger partial charge on any atom is 0.183 e. The van der Waals surface area contributed by atoms with E-state index in [9.17, 15) is 9.18 Å². The van der Waals surface area contributed by atoms with Gasteiger partial charge in [-0.05, 0) is 70.0 Å². The average Bonchev–Trinajstić information content (AvgIpc) is 2.39. The minimum atomic E-state index is -0.412. The van der Waals surface area contributed by atoms with Crippen LogP contribution in [0.4, 0.5) is 4.39 Å². The molecule has 0 atom stereocenters. The highest BCUT2D eigenvalue weighted by molar-refractivity contribution is 6.03. The van der Waals surface area contributed by atoms with Crippen molar-refractivity contribution in [2.24, 2.45) is 5.92 Å². The van der Waals surface area contributed by atoms with Gasteiger partial charge < -0.3 is 0 Å². The Balaban J connectivity index is 2.29. The van der Waals surface area contributed by atoms with Gasteiger partial charge in [0, 0.05) is 5.56 Å². The van der Waals surface area contributed by atoms with Gasteiger partial charge in [-0.15, -0.1) is 0 Å². The van der Waals surface area contributed by atoms with E-state index in [4.69, 9.17) is 0 Å². The van der Waals surface area contributed by atoms with E-state index in [2.05, 4.69) is 6.92 Å². The highest BCUT2D eigenvalue weighted by Crippen LogP contribution is 2.37. The van der Waals surface area contributed by atoms with Crippen molar-refractivity contribution in [3.05, 3.63) is 35.6 Å². The first kappa shape index (κ1) is 14.2. The van der Waals surface area contributed by atoms with E-state index >= 15 is 0 Å². The topological polar surface area (TPSA) is 20.3 Å². The van der Waals surface area contributed by atoms with Crippen LogP contribution < -0.4 is 0 Å². The van der Waals surface area contributed by atoms with E-state index < -0.39 is 5.54 Å². The standard InChI is InChI=1S/C16H22FNO/c1-12-8-10-16(11-9-12,18(2)3)15(19)13-4-6-14(17)7-5-13/h4-7,12H,8-11H2,1-3H3. The molecule has 0 N–H and O–H groups in total. The Morgan fingerprint density at radius 1 is 1.21 bits per heavy atom. The van der Waals surface area contributed by atoms with Crippen LogP contribution in [0.25, 0.3) is 0 Å². The third-order valence-electron chi connectivity index (χ3n) is 4.49. The summed E-state index contributed by atoms with van der Waals surface area (Å²) >= 11 is 0. The average molecular weight is 263 g/mol. The van der Waals surface area contributed by atoms with Gasteiger partial charge in [-0.2, -0.15) is 0 Å². The van der Waals surface area contributed by atoms with Crippen LogP contribution in [-0.2, 0) is 0 Å². The number of benzene rings is 1. The molecule has 19 heavy (non-hydrogen) atoms. The lowest BCUT2D eigenvalue weighted by atomic mass is 9.72. The zero-order chi connectivity index (χ0) is 14.0. The van der Waals surface area contributed by atoms with Gasteiger partial charge in [0.1, 0.15) is 5.82 Å². The van der Waals surface area contributed by atoms with E-state index in [0.717, 1.165) is 25.7 Å². The van der Waals surface area contributed by atoms with E-state index in [1.165, 1.54) is 12.1 Å². The maximum atomic E-state index is 13.0. The summed E-state index contributed by atoms with van der Waals surface area (Å²) in [6, 6.07) is 5.92. The number of Topliss-reactive ketones (excluding diaryl/α,β-unsaturated/α-hetero) is 1. The number of rotatable bonds is 3. The summed E-state index contributed by atoms with van der Waals surface area (Å²) in [5.74, 6) is 0.520. The molecular weight excluding hydrogens is 241 g/mol. The summed E-state index contributed by atoms with van der Waals surface area (Å²) in [7, 11) is 3.94.